The average Bonchev–Trinajstić information content (AvgIpc) is 1.98. The third kappa shape index (κ3) is 6.00. The van der Waals surface area contributed by atoms with Crippen molar-refractivity contribution in [1.82, 2.24) is 0 Å². The minimum Gasteiger partial charge on any atom is -0.396 e. The monoisotopic (exact) mass is 158 g/mol. The molecule has 0 aromatic rings. The molecule has 1 unspecified atom stereocenters. The van der Waals surface area contributed by atoms with E-state index in [1.807, 2.05) is 18.7 Å². The predicted octanol–water partition coefficient (Wildman–Crippen LogP) is 1.37. The quantitative estimate of drug-likeness (QED) is 0.482. The van der Waals surface area contributed by atoms with E-state index in [9.17, 15) is 0 Å². The number of hydrogen-bond donors (Lipinski definition) is 1. The van der Waals surface area contributed by atoms with Crippen molar-refractivity contribution in [3.63, 3.8) is 0 Å². The largest absolute Gasteiger partial charge is 0.396 e. The topological polar surface area (TPSA) is 20.2 Å². The van der Waals surface area contributed by atoms with Crippen molar-refractivity contribution in [2.45, 2.75) is 13.3 Å². The fourth-order valence-corrected chi connectivity index (χ4v) is 1.40. The van der Waals surface area contributed by atoms with E-state index in [1.54, 1.807) is 0 Å². The van der Waals surface area contributed by atoms with E-state index in [-0.39, 0.29) is 6.61 Å². The smallest absolute Gasteiger partial charge is 0.0464 e. The highest BCUT2D eigenvalue weighted by Crippen LogP contribution is 2.07. The summed E-state index contributed by atoms with van der Waals surface area (Å²) in [6.45, 7) is 2.31. The Balaban J connectivity index is 2.98. The molecule has 0 radical (unpaired) electrons. The van der Waals surface area contributed by atoms with Gasteiger partial charge in [-0.1, -0.05) is 6.92 Å². The summed E-state index contributed by atoms with van der Waals surface area (Å²) in [5.74, 6) is 5.01. The Hall–Kier alpha value is -0.130. The van der Waals surface area contributed by atoms with E-state index in [0.717, 1.165) is 17.9 Å². The molecule has 0 aromatic carbocycles. The summed E-state index contributed by atoms with van der Waals surface area (Å²) in [6.07, 6.45) is 5.90. The van der Waals surface area contributed by atoms with Crippen molar-refractivity contribution in [3.05, 3.63) is 0 Å². The van der Waals surface area contributed by atoms with Crippen LogP contribution in [0.1, 0.15) is 13.3 Å². The molecule has 0 aliphatic rings. The van der Waals surface area contributed by atoms with Crippen molar-refractivity contribution in [2.24, 2.45) is 5.92 Å². The zero-order valence-electron chi connectivity index (χ0n) is 6.34. The van der Waals surface area contributed by atoms with Gasteiger partial charge < -0.3 is 5.11 Å². The Morgan fingerprint density at radius 1 is 1.70 bits per heavy atom. The lowest BCUT2D eigenvalue weighted by Gasteiger charge is -2.04. The summed E-state index contributed by atoms with van der Waals surface area (Å²) in [7, 11) is 0. The van der Waals surface area contributed by atoms with Crippen LogP contribution in [0.15, 0.2) is 0 Å². The van der Waals surface area contributed by atoms with E-state index in [1.165, 1.54) is 0 Å². The van der Waals surface area contributed by atoms with Crippen LogP contribution in [-0.2, 0) is 0 Å². The van der Waals surface area contributed by atoms with Gasteiger partial charge in [0, 0.05) is 18.8 Å². The van der Waals surface area contributed by atoms with Gasteiger partial charge in [-0.25, -0.2) is 0 Å². The van der Waals surface area contributed by atoms with Crippen LogP contribution in [0.4, 0.5) is 0 Å². The van der Waals surface area contributed by atoms with Gasteiger partial charge in [-0.15, -0.1) is 12.3 Å². The van der Waals surface area contributed by atoms with E-state index < -0.39 is 0 Å². The van der Waals surface area contributed by atoms with Crippen LogP contribution in [0.5, 0.6) is 0 Å². The Morgan fingerprint density at radius 2 is 2.40 bits per heavy atom. The molecule has 0 amide bonds. The van der Waals surface area contributed by atoms with Gasteiger partial charge >= 0.3 is 0 Å². The normalized spacial score (nSPS) is 12.5. The van der Waals surface area contributed by atoms with E-state index in [2.05, 4.69) is 5.92 Å². The molecule has 1 nitrogen and oxygen atoms in total. The molecule has 10 heavy (non-hydrogen) atoms. The van der Waals surface area contributed by atoms with Gasteiger partial charge in [0.2, 0.25) is 0 Å². The molecule has 0 fully saturated rings. The standard InChI is InChI=1S/C8H14OS/c1-3-4-5-10-7-8(2)6-9/h1,8-9H,4-7H2,2H3. The Bertz CT molecular complexity index is 106. The van der Waals surface area contributed by atoms with Crippen molar-refractivity contribution >= 4 is 11.8 Å². The van der Waals surface area contributed by atoms with Gasteiger partial charge in [0.1, 0.15) is 0 Å². The lowest BCUT2D eigenvalue weighted by Crippen LogP contribution is -2.03. The molecule has 0 saturated carbocycles. The third-order valence-corrected chi connectivity index (χ3v) is 2.40. The fourth-order valence-electron chi connectivity index (χ4n) is 0.468. The van der Waals surface area contributed by atoms with Gasteiger partial charge in [0.25, 0.3) is 0 Å². The van der Waals surface area contributed by atoms with Gasteiger partial charge in [0.15, 0.2) is 0 Å². The number of hydrogen-bond acceptors (Lipinski definition) is 2. The summed E-state index contributed by atoms with van der Waals surface area (Å²) in [4.78, 5) is 0. The van der Waals surface area contributed by atoms with Gasteiger partial charge in [-0.05, 0) is 11.7 Å². The first-order chi connectivity index (χ1) is 4.81. The minimum absolute atomic E-state index is 0.281. The second-order valence-electron chi connectivity index (χ2n) is 2.32. The molecule has 58 valence electrons. The SMILES string of the molecule is C#CCCSCC(C)CO. The molecule has 1 atom stereocenters. The Kier molecular flexibility index (Phi) is 6.89. The van der Waals surface area contributed by atoms with Crippen LogP contribution in [0.25, 0.3) is 0 Å². The fraction of sp³-hybridized carbons (Fsp3) is 0.750. The van der Waals surface area contributed by atoms with E-state index in [0.29, 0.717) is 5.92 Å². The predicted molar refractivity (Wildman–Crippen MR) is 47.0 cm³/mol. The molecular formula is C8H14OS. The Labute approximate surface area is 67.2 Å². The van der Waals surface area contributed by atoms with Crippen molar-refractivity contribution in [2.75, 3.05) is 18.1 Å². The highest BCUT2D eigenvalue weighted by molar-refractivity contribution is 7.99. The zero-order chi connectivity index (χ0) is 7.82. The molecule has 0 saturated heterocycles. The molecule has 2 heteroatoms. The van der Waals surface area contributed by atoms with Crippen LogP contribution in [0, 0.1) is 18.3 Å². The van der Waals surface area contributed by atoms with Crippen LogP contribution < -0.4 is 0 Å². The first-order valence-electron chi connectivity index (χ1n) is 3.43. The second-order valence-corrected chi connectivity index (χ2v) is 3.47. The molecule has 0 aromatic heterocycles. The summed E-state index contributed by atoms with van der Waals surface area (Å²) >= 11 is 1.81. The molecule has 0 aliphatic carbocycles. The van der Waals surface area contributed by atoms with Crippen LogP contribution in [-0.4, -0.2) is 23.2 Å². The van der Waals surface area contributed by atoms with Crippen LogP contribution >= 0.6 is 11.8 Å². The first kappa shape index (κ1) is 9.87. The summed E-state index contributed by atoms with van der Waals surface area (Å²) in [6, 6.07) is 0. The number of rotatable bonds is 5. The second kappa shape index (κ2) is 6.98. The summed E-state index contributed by atoms with van der Waals surface area (Å²) in [5.41, 5.74) is 0. The van der Waals surface area contributed by atoms with Crippen molar-refractivity contribution in [3.8, 4) is 12.3 Å². The van der Waals surface area contributed by atoms with E-state index >= 15 is 0 Å². The van der Waals surface area contributed by atoms with E-state index in [4.69, 9.17) is 11.5 Å². The number of terminal acetylenes is 1. The maximum absolute atomic E-state index is 8.64. The van der Waals surface area contributed by atoms with Crippen LogP contribution in [0.3, 0.4) is 0 Å². The Morgan fingerprint density at radius 3 is 2.90 bits per heavy atom. The number of aliphatic hydroxyl groups is 1. The molecule has 1 N–H and O–H groups in total. The van der Waals surface area contributed by atoms with Crippen LogP contribution in [0.2, 0.25) is 0 Å². The van der Waals surface area contributed by atoms with Gasteiger partial charge in [-0.3, -0.25) is 0 Å². The van der Waals surface area contributed by atoms with Crippen molar-refractivity contribution in [1.29, 1.82) is 0 Å². The summed E-state index contributed by atoms with van der Waals surface area (Å²) in [5, 5.41) is 8.64. The van der Waals surface area contributed by atoms with Gasteiger partial charge in [-0.2, -0.15) is 11.8 Å². The molecule has 0 rings (SSSR count). The van der Waals surface area contributed by atoms with Crippen molar-refractivity contribution < 1.29 is 5.11 Å². The maximum Gasteiger partial charge on any atom is 0.0464 e. The highest BCUT2D eigenvalue weighted by atomic mass is 32.2. The highest BCUT2D eigenvalue weighted by Gasteiger charge is 1.97. The molecule has 0 heterocycles. The number of aliphatic hydroxyl groups excluding tert-OH is 1. The first-order valence-corrected chi connectivity index (χ1v) is 4.58. The van der Waals surface area contributed by atoms with Gasteiger partial charge in [0.05, 0.1) is 0 Å². The maximum atomic E-state index is 8.64. The molecule has 0 spiro atoms. The lowest BCUT2D eigenvalue weighted by molar-refractivity contribution is 0.250. The minimum atomic E-state index is 0.281. The average molecular weight is 158 g/mol. The third-order valence-electron chi connectivity index (χ3n) is 1.10. The zero-order valence-corrected chi connectivity index (χ0v) is 7.16. The summed E-state index contributed by atoms with van der Waals surface area (Å²) < 4.78 is 0. The molecule has 0 bridgehead atoms. The molecule has 0 aliphatic heterocycles. The molecular weight excluding hydrogens is 144 g/mol. The number of thioether (sulfide) groups is 1. The lowest BCUT2D eigenvalue weighted by atomic mass is 10.2.